The van der Waals surface area contributed by atoms with E-state index in [9.17, 15) is 0 Å². The zero-order valence-corrected chi connectivity index (χ0v) is 7.93. The third-order valence-electron chi connectivity index (χ3n) is 1.81. The number of nitrogens with one attached hydrogen (secondary N) is 1. The SMILES string of the molecule is CCNCCN(CC)C(C)N. The van der Waals surface area contributed by atoms with Gasteiger partial charge >= 0.3 is 0 Å². The van der Waals surface area contributed by atoms with Crippen LogP contribution in [0.4, 0.5) is 0 Å². The maximum Gasteiger partial charge on any atom is 0.0543 e. The molecule has 0 bridgehead atoms. The molecule has 3 N–H and O–H groups in total. The third kappa shape index (κ3) is 5.18. The first-order chi connectivity index (χ1) is 5.22. The van der Waals surface area contributed by atoms with Gasteiger partial charge in [0, 0.05) is 13.1 Å². The van der Waals surface area contributed by atoms with Crippen LogP contribution >= 0.6 is 0 Å². The van der Waals surface area contributed by atoms with Crippen LogP contribution in [0.3, 0.4) is 0 Å². The quantitative estimate of drug-likeness (QED) is 0.430. The standard InChI is InChI=1S/C8H21N3/c1-4-10-6-7-11(5-2)8(3)9/h8,10H,4-7,9H2,1-3H3. The van der Waals surface area contributed by atoms with E-state index in [1.807, 2.05) is 6.92 Å². The van der Waals surface area contributed by atoms with Crippen molar-refractivity contribution >= 4 is 0 Å². The van der Waals surface area contributed by atoms with Crippen LogP contribution in [0.5, 0.6) is 0 Å². The van der Waals surface area contributed by atoms with Gasteiger partial charge < -0.3 is 11.1 Å². The van der Waals surface area contributed by atoms with Crippen molar-refractivity contribution in [3.05, 3.63) is 0 Å². The van der Waals surface area contributed by atoms with Crippen LogP contribution in [0.2, 0.25) is 0 Å². The monoisotopic (exact) mass is 159 g/mol. The minimum atomic E-state index is 0.179. The van der Waals surface area contributed by atoms with Gasteiger partial charge in [0.1, 0.15) is 0 Å². The number of nitrogens with zero attached hydrogens (tertiary/aromatic N) is 1. The predicted molar refractivity (Wildman–Crippen MR) is 49.4 cm³/mol. The van der Waals surface area contributed by atoms with Crippen LogP contribution in [0.15, 0.2) is 0 Å². The second-order valence-electron chi connectivity index (χ2n) is 2.72. The van der Waals surface area contributed by atoms with Gasteiger partial charge in [0.05, 0.1) is 6.17 Å². The number of nitrogens with two attached hydrogens (primary N) is 1. The van der Waals surface area contributed by atoms with Crippen molar-refractivity contribution in [3.63, 3.8) is 0 Å². The molecule has 0 spiro atoms. The molecule has 0 saturated heterocycles. The van der Waals surface area contributed by atoms with Crippen molar-refractivity contribution < 1.29 is 0 Å². The fraction of sp³-hybridized carbons (Fsp3) is 1.00. The van der Waals surface area contributed by atoms with Crippen molar-refractivity contribution in [1.29, 1.82) is 0 Å². The van der Waals surface area contributed by atoms with E-state index in [4.69, 9.17) is 5.73 Å². The van der Waals surface area contributed by atoms with Crippen molar-refractivity contribution in [3.8, 4) is 0 Å². The van der Waals surface area contributed by atoms with Gasteiger partial charge in [0.15, 0.2) is 0 Å². The zero-order chi connectivity index (χ0) is 8.69. The first kappa shape index (κ1) is 10.9. The molecule has 0 aromatic rings. The van der Waals surface area contributed by atoms with Crippen molar-refractivity contribution in [1.82, 2.24) is 10.2 Å². The lowest BCUT2D eigenvalue weighted by molar-refractivity contribution is 0.225. The van der Waals surface area contributed by atoms with Crippen LogP contribution in [0, 0.1) is 0 Å². The molecular weight excluding hydrogens is 138 g/mol. The molecule has 0 fully saturated rings. The molecule has 0 amide bonds. The van der Waals surface area contributed by atoms with E-state index in [1.54, 1.807) is 0 Å². The van der Waals surface area contributed by atoms with Crippen LogP contribution in [0.1, 0.15) is 20.8 Å². The Morgan fingerprint density at radius 1 is 1.45 bits per heavy atom. The number of likely N-dealkylation sites (N-methyl/N-ethyl adjacent to an activating group) is 2. The summed E-state index contributed by atoms with van der Waals surface area (Å²) in [5.74, 6) is 0. The molecule has 0 aromatic heterocycles. The highest BCUT2D eigenvalue weighted by molar-refractivity contribution is 4.60. The Hall–Kier alpha value is -0.120. The summed E-state index contributed by atoms with van der Waals surface area (Å²) in [6.45, 7) is 10.4. The summed E-state index contributed by atoms with van der Waals surface area (Å²) in [7, 11) is 0. The Morgan fingerprint density at radius 2 is 2.09 bits per heavy atom. The fourth-order valence-electron chi connectivity index (χ4n) is 1.05. The molecule has 0 radical (unpaired) electrons. The molecule has 0 rings (SSSR count). The smallest absolute Gasteiger partial charge is 0.0543 e. The zero-order valence-electron chi connectivity index (χ0n) is 7.93. The van der Waals surface area contributed by atoms with Gasteiger partial charge in [-0.15, -0.1) is 0 Å². The van der Waals surface area contributed by atoms with Crippen LogP contribution in [-0.2, 0) is 0 Å². The van der Waals surface area contributed by atoms with Crippen molar-refractivity contribution in [2.45, 2.75) is 26.9 Å². The summed E-state index contributed by atoms with van der Waals surface area (Å²) in [6.07, 6.45) is 0.179. The van der Waals surface area contributed by atoms with E-state index < -0.39 is 0 Å². The number of hydrogen-bond acceptors (Lipinski definition) is 3. The minimum Gasteiger partial charge on any atom is -0.316 e. The summed E-state index contributed by atoms with van der Waals surface area (Å²) < 4.78 is 0. The Morgan fingerprint density at radius 3 is 2.45 bits per heavy atom. The van der Waals surface area contributed by atoms with Gasteiger partial charge in [0.2, 0.25) is 0 Å². The third-order valence-corrected chi connectivity index (χ3v) is 1.81. The molecule has 68 valence electrons. The molecule has 0 saturated carbocycles. The highest BCUT2D eigenvalue weighted by Gasteiger charge is 2.04. The van der Waals surface area contributed by atoms with E-state index in [0.29, 0.717) is 0 Å². The first-order valence-electron chi connectivity index (χ1n) is 4.42. The van der Waals surface area contributed by atoms with Gasteiger partial charge in [-0.05, 0) is 20.0 Å². The fourth-order valence-corrected chi connectivity index (χ4v) is 1.05. The molecule has 0 heterocycles. The Bertz CT molecular complexity index is 83.4. The molecular formula is C8H21N3. The van der Waals surface area contributed by atoms with Crippen LogP contribution < -0.4 is 11.1 Å². The molecule has 1 unspecified atom stereocenters. The van der Waals surface area contributed by atoms with E-state index >= 15 is 0 Å². The average molecular weight is 159 g/mol. The summed E-state index contributed by atoms with van der Waals surface area (Å²) >= 11 is 0. The van der Waals surface area contributed by atoms with E-state index in [1.165, 1.54) is 0 Å². The topological polar surface area (TPSA) is 41.3 Å². The van der Waals surface area contributed by atoms with Crippen molar-refractivity contribution in [2.75, 3.05) is 26.2 Å². The average Bonchev–Trinajstić information content (AvgIpc) is 1.97. The number of hydrogen-bond donors (Lipinski definition) is 2. The molecule has 0 aliphatic rings. The first-order valence-corrected chi connectivity index (χ1v) is 4.42. The summed E-state index contributed by atoms with van der Waals surface area (Å²) in [4.78, 5) is 2.24. The van der Waals surface area contributed by atoms with E-state index in [0.717, 1.165) is 26.2 Å². The van der Waals surface area contributed by atoms with Gasteiger partial charge in [-0.2, -0.15) is 0 Å². The van der Waals surface area contributed by atoms with E-state index in [-0.39, 0.29) is 6.17 Å². The maximum atomic E-state index is 5.73. The minimum absolute atomic E-state index is 0.179. The van der Waals surface area contributed by atoms with Crippen LogP contribution in [0.25, 0.3) is 0 Å². The molecule has 0 aliphatic heterocycles. The summed E-state index contributed by atoms with van der Waals surface area (Å²) in [5, 5.41) is 3.27. The Balaban J connectivity index is 3.36. The Labute approximate surface area is 69.9 Å². The predicted octanol–water partition coefficient (Wildman–Crippen LogP) is 0.223. The normalized spacial score (nSPS) is 13.9. The number of rotatable bonds is 6. The molecule has 3 heteroatoms. The van der Waals surface area contributed by atoms with Gasteiger partial charge in [-0.3, -0.25) is 4.90 Å². The molecule has 0 aromatic carbocycles. The summed E-state index contributed by atoms with van der Waals surface area (Å²) in [5.41, 5.74) is 5.73. The molecule has 0 aliphatic carbocycles. The largest absolute Gasteiger partial charge is 0.316 e. The highest BCUT2D eigenvalue weighted by Crippen LogP contribution is 1.89. The van der Waals surface area contributed by atoms with Gasteiger partial charge in [-0.25, -0.2) is 0 Å². The molecule has 1 atom stereocenters. The van der Waals surface area contributed by atoms with Crippen LogP contribution in [-0.4, -0.2) is 37.2 Å². The van der Waals surface area contributed by atoms with E-state index in [2.05, 4.69) is 24.1 Å². The maximum absolute atomic E-state index is 5.73. The molecule has 11 heavy (non-hydrogen) atoms. The lowest BCUT2D eigenvalue weighted by atomic mass is 10.4. The lowest BCUT2D eigenvalue weighted by Crippen LogP contribution is -2.43. The Kier molecular flexibility index (Phi) is 6.51. The molecule has 3 nitrogen and oxygen atoms in total. The second kappa shape index (κ2) is 6.58. The van der Waals surface area contributed by atoms with Gasteiger partial charge in [-0.1, -0.05) is 13.8 Å². The highest BCUT2D eigenvalue weighted by atomic mass is 15.2. The second-order valence-corrected chi connectivity index (χ2v) is 2.72. The summed E-state index contributed by atoms with van der Waals surface area (Å²) in [6, 6.07) is 0. The van der Waals surface area contributed by atoms with Crippen molar-refractivity contribution in [2.24, 2.45) is 5.73 Å². The lowest BCUT2D eigenvalue weighted by Gasteiger charge is -2.24. The van der Waals surface area contributed by atoms with Gasteiger partial charge in [0.25, 0.3) is 0 Å².